The Balaban J connectivity index is 2.39. The van der Waals surface area contributed by atoms with Crippen LogP contribution in [0.25, 0.3) is 0 Å². The van der Waals surface area contributed by atoms with E-state index < -0.39 is 10.0 Å². The molecule has 0 aromatic rings. The van der Waals surface area contributed by atoms with Crippen molar-refractivity contribution in [2.45, 2.75) is 51.5 Å². The second-order valence-corrected chi connectivity index (χ2v) is 6.65. The van der Waals surface area contributed by atoms with Gasteiger partial charge in [0.05, 0.1) is 30.6 Å². The van der Waals surface area contributed by atoms with Gasteiger partial charge in [-0.15, -0.1) is 0 Å². The molecule has 0 spiro atoms. The topological polar surface area (TPSA) is 90.6 Å². The first-order valence-corrected chi connectivity index (χ1v) is 7.99. The lowest BCUT2D eigenvalue weighted by molar-refractivity contribution is -0.0249. The quantitative estimate of drug-likeness (QED) is 0.644. The van der Waals surface area contributed by atoms with E-state index in [9.17, 15) is 8.42 Å². The summed E-state index contributed by atoms with van der Waals surface area (Å²) in [6.45, 7) is 6.37. The zero-order chi connectivity index (χ0) is 13.8. The van der Waals surface area contributed by atoms with Gasteiger partial charge in [-0.3, -0.25) is 0 Å². The Kier molecular flexibility index (Phi) is 6.00. The number of hydrogen-bond acceptors (Lipinski definition) is 5. The predicted octanol–water partition coefficient (Wildman–Crippen LogP) is -0.164. The average molecular weight is 280 g/mol. The summed E-state index contributed by atoms with van der Waals surface area (Å²) >= 11 is 0. The molecule has 3 unspecified atom stereocenters. The lowest BCUT2D eigenvalue weighted by atomic mass is 9.84. The van der Waals surface area contributed by atoms with Crippen LogP contribution in [-0.4, -0.2) is 51.7 Å². The Labute approximate surface area is 109 Å². The summed E-state index contributed by atoms with van der Waals surface area (Å²) in [4.78, 5) is 0. The van der Waals surface area contributed by atoms with Gasteiger partial charge in [-0.2, -0.15) is 0 Å². The number of sulfonamides is 1. The van der Waals surface area contributed by atoms with Crippen molar-refractivity contribution >= 4 is 10.0 Å². The normalized spacial score (nSPS) is 28.4. The fourth-order valence-electron chi connectivity index (χ4n) is 1.85. The van der Waals surface area contributed by atoms with E-state index in [1.807, 2.05) is 20.8 Å². The third-order valence-electron chi connectivity index (χ3n) is 2.87. The molecule has 0 aromatic heterocycles. The van der Waals surface area contributed by atoms with Crippen molar-refractivity contribution < 1.29 is 17.9 Å². The number of rotatable bonds is 8. The van der Waals surface area contributed by atoms with Crippen molar-refractivity contribution in [2.75, 3.05) is 19.0 Å². The van der Waals surface area contributed by atoms with Crippen molar-refractivity contribution in [2.24, 2.45) is 5.73 Å². The minimum absolute atomic E-state index is 0.0299. The summed E-state index contributed by atoms with van der Waals surface area (Å²) in [6.07, 6.45) is 0.622. The fourth-order valence-corrected chi connectivity index (χ4v) is 3.02. The molecule has 0 bridgehead atoms. The third-order valence-corrected chi connectivity index (χ3v) is 4.20. The molecule has 0 heterocycles. The van der Waals surface area contributed by atoms with Gasteiger partial charge in [0.2, 0.25) is 10.0 Å². The zero-order valence-electron chi connectivity index (χ0n) is 11.3. The first kappa shape index (κ1) is 15.8. The second kappa shape index (κ2) is 6.81. The molecular formula is C11H24N2O4S. The molecule has 0 aliphatic heterocycles. The molecule has 1 saturated carbocycles. The van der Waals surface area contributed by atoms with Crippen LogP contribution in [0.1, 0.15) is 27.2 Å². The highest BCUT2D eigenvalue weighted by Gasteiger charge is 2.41. The monoisotopic (exact) mass is 280 g/mol. The zero-order valence-corrected chi connectivity index (χ0v) is 12.1. The number of nitrogens with one attached hydrogen (secondary N) is 1. The van der Waals surface area contributed by atoms with Gasteiger partial charge in [-0.05, 0) is 27.2 Å². The van der Waals surface area contributed by atoms with Gasteiger partial charge >= 0.3 is 0 Å². The maximum absolute atomic E-state index is 11.8. The minimum atomic E-state index is -3.36. The van der Waals surface area contributed by atoms with Crippen molar-refractivity contribution in [3.05, 3.63) is 0 Å². The molecule has 1 aliphatic carbocycles. The number of nitrogens with two attached hydrogens (primary N) is 1. The van der Waals surface area contributed by atoms with Crippen LogP contribution in [0.2, 0.25) is 0 Å². The highest BCUT2D eigenvalue weighted by molar-refractivity contribution is 7.89. The molecule has 108 valence electrons. The maximum Gasteiger partial charge on any atom is 0.214 e. The Hall–Kier alpha value is -0.210. The standard InChI is InChI=1S/C11H24N2O4S/c1-4-16-10-7-9(12)11(10)13-18(14,15)6-5-17-8(2)3/h8-11,13H,4-7,12H2,1-3H3. The summed E-state index contributed by atoms with van der Waals surface area (Å²) in [5.41, 5.74) is 5.79. The number of hydrogen-bond donors (Lipinski definition) is 2. The Morgan fingerprint density at radius 1 is 1.44 bits per heavy atom. The first-order chi connectivity index (χ1) is 8.35. The van der Waals surface area contributed by atoms with Gasteiger partial charge in [-0.25, -0.2) is 13.1 Å². The van der Waals surface area contributed by atoms with E-state index in [1.54, 1.807) is 0 Å². The van der Waals surface area contributed by atoms with E-state index >= 15 is 0 Å². The molecule has 3 N–H and O–H groups in total. The van der Waals surface area contributed by atoms with Crippen molar-refractivity contribution in [1.29, 1.82) is 0 Å². The predicted molar refractivity (Wildman–Crippen MR) is 69.8 cm³/mol. The highest BCUT2D eigenvalue weighted by atomic mass is 32.2. The summed E-state index contributed by atoms with van der Waals surface area (Å²) in [7, 11) is -3.36. The van der Waals surface area contributed by atoms with Crippen LogP contribution in [-0.2, 0) is 19.5 Å². The maximum atomic E-state index is 11.8. The van der Waals surface area contributed by atoms with Crippen LogP contribution in [0, 0.1) is 0 Å². The van der Waals surface area contributed by atoms with Gasteiger partial charge in [-0.1, -0.05) is 0 Å². The molecule has 7 heteroatoms. The van der Waals surface area contributed by atoms with Crippen molar-refractivity contribution in [3.63, 3.8) is 0 Å². The Morgan fingerprint density at radius 3 is 2.61 bits per heavy atom. The molecule has 3 atom stereocenters. The molecule has 18 heavy (non-hydrogen) atoms. The molecule has 0 aromatic carbocycles. The van der Waals surface area contributed by atoms with E-state index in [1.165, 1.54) is 0 Å². The van der Waals surface area contributed by atoms with Gasteiger partial charge in [0.1, 0.15) is 0 Å². The molecule has 0 amide bonds. The molecule has 1 aliphatic rings. The van der Waals surface area contributed by atoms with Crippen LogP contribution in [0.15, 0.2) is 0 Å². The van der Waals surface area contributed by atoms with Gasteiger partial charge < -0.3 is 15.2 Å². The Bertz CT molecular complexity index is 343. The van der Waals surface area contributed by atoms with Crippen LogP contribution < -0.4 is 10.5 Å². The van der Waals surface area contributed by atoms with Crippen LogP contribution in [0.4, 0.5) is 0 Å². The lowest BCUT2D eigenvalue weighted by Gasteiger charge is -2.42. The minimum Gasteiger partial charge on any atom is -0.378 e. The largest absolute Gasteiger partial charge is 0.378 e. The van der Waals surface area contributed by atoms with Gasteiger partial charge in [0.15, 0.2) is 0 Å². The van der Waals surface area contributed by atoms with E-state index in [0.29, 0.717) is 13.0 Å². The van der Waals surface area contributed by atoms with E-state index in [0.717, 1.165) is 0 Å². The SMILES string of the molecule is CCOC1CC(N)C1NS(=O)(=O)CCOC(C)C. The van der Waals surface area contributed by atoms with Gasteiger partial charge in [0, 0.05) is 12.6 Å². The van der Waals surface area contributed by atoms with Crippen molar-refractivity contribution in [3.8, 4) is 0 Å². The molecule has 0 saturated heterocycles. The summed E-state index contributed by atoms with van der Waals surface area (Å²) < 4.78 is 36.9. The Morgan fingerprint density at radius 2 is 2.11 bits per heavy atom. The molecule has 1 rings (SSSR count). The smallest absolute Gasteiger partial charge is 0.214 e. The first-order valence-electron chi connectivity index (χ1n) is 6.34. The summed E-state index contributed by atoms with van der Waals surface area (Å²) in [5.74, 6) is -0.0484. The van der Waals surface area contributed by atoms with E-state index in [2.05, 4.69) is 4.72 Å². The van der Waals surface area contributed by atoms with E-state index in [4.69, 9.17) is 15.2 Å². The van der Waals surface area contributed by atoms with Crippen LogP contribution >= 0.6 is 0 Å². The second-order valence-electron chi connectivity index (χ2n) is 4.78. The molecule has 0 radical (unpaired) electrons. The van der Waals surface area contributed by atoms with Crippen LogP contribution in [0.5, 0.6) is 0 Å². The van der Waals surface area contributed by atoms with E-state index in [-0.39, 0.29) is 36.7 Å². The number of ether oxygens (including phenoxy) is 2. The molecule has 6 nitrogen and oxygen atoms in total. The molecular weight excluding hydrogens is 256 g/mol. The fraction of sp³-hybridized carbons (Fsp3) is 1.00. The van der Waals surface area contributed by atoms with Gasteiger partial charge in [0.25, 0.3) is 0 Å². The van der Waals surface area contributed by atoms with Crippen molar-refractivity contribution in [1.82, 2.24) is 4.72 Å². The van der Waals surface area contributed by atoms with Crippen LogP contribution in [0.3, 0.4) is 0 Å². The molecule has 1 fully saturated rings. The third kappa shape index (κ3) is 4.81. The lowest BCUT2D eigenvalue weighted by Crippen LogP contribution is -2.65. The average Bonchev–Trinajstić information content (AvgIpc) is 2.25. The summed E-state index contributed by atoms with van der Waals surface area (Å²) in [5, 5.41) is 0. The summed E-state index contributed by atoms with van der Waals surface area (Å²) in [6, 6.07) is -0.476. The highest BCUT2D eigenvalue weighted by Crippen LogP contribution is 2.23.